The van der Waals surface area contributed by atoms with Crippen LogP contribution in [0.5, 0.6) is 0 Å². The summed E-state index contributed by atoms with van der Waals surface area (Å²) in [5.74, 6) is 2.41. The summed E-state index contributed by atoms with van der Waals surface area (Å²) in [6, 6.07) is 17.6. The molecule has 0 aromatic heterocycles. The van der Waals surface area contributed by atoms with Gasteiger partial charge < -0.3 is 8.85 Å². The lowest BCUT2D eigenvalue weighted by Gasteiger charge is -2.23. The molecule has 0 bridgehead atoms. The van der Waals surface area contributed by atoms with Crippen molar-refractivity contribution in [3.05, 3.63) is 82.3 Å². The van der Waals surface area contributed by atoms with E-state index in [2.05, 4.69) is 87.8 Å². The molecule has 0 amide bonds. The maximum absolute atomic E-state index is 6.56. The molecule has 2 aromatic carbocycles. The molecule has 158 valence electrons. The lowest BCUT2D eigenvalue weighted by atomic mass is 9.96. The van der Waals surface area contributed by atoms with Crippen LogP contribution in [0.25, 0.3) is 11.1 Å². The quantitative estimate of drug-likeness (QED) is 0.422. The molecule has 0 saturated carbocycles. The molecule has 0 N–H and O–H groups in total. The van der Waals surface area contributed by atoms with Crippen LogP contribution in [0.2, 0.25) is 39.3 Å². The van der Waals surface area contributed by atoms with Crippen molar-refractivity contribution in [1.29, 1.82) is 0 Å². The zero-order chi connectivity index (χ0) is 21.5. The van der Waals surface area contributed by atoms with E-state index in [0.717, 1.165) is 25.7 Å². The molecule has 2 nitrogen and oxygen atoms in total. The van der Waals surface area contributed by atoms with Gasteiger partial charge in [-0.15, -0.1) is 0 Å². The van der Waals surface area contributed by atoms with Crippen LogP contribution in [-0.2, 0) is 21.7 Å². The Morgan fingerprint density at radius 1 is 0.600 bits per heavy atom. The Bertz CT molecular complexity index is 936. The first-order valence-electron chi connectivity index (χ1n) is 11.1. The van der Waals surface area contributed by atoms with Crippen LogP contribution in [0.4, 0.5) is 0 Å². The van der Waals surface area contributed by atoms with Gasteiger partial charge in [0.2, 0.25) is 16.6 Å². The lowest BCUT2D eigenvalue weighted by Crippen LogP contribution is -2.25. The molecule has 2 aromatic rings. The lowest BCUT2D eigenvalue weighted by molar-refractivity contribution is 0.412. The summed E-state index contributed by atoms with van der Waals surface area (Å²) >= 11 is 0. The number of rotatable bonds is 7. The highest BCUT2D eigenvalue weighted by molar-refractivity contribution is 6.70. The Morgan fingerprint density at radius 3 is 1.33 bits per heavy atom. The number of hydrogen-bond donors (Lipinski definition) is 0. The molecule has 0 radical (unpaired) electrons. The Labute approximate surface area is 183 Å². The van der Waals surface area contributed by atoms with Crippen LogP contribution in [0, 0.1) is 0 Å². The fourth-order valence-corrected chi connectivity index (χ4v) is 6.40. The van der Waals surface area contributed by atoms with Gasteiger partial charge in [-0.05, 0) is 85.5 Å². The van der Waals surface area contributed by atoms with E-state index >= 15 is 0 Å². The van der Waals surface area contributed by atoms with E-state index in [-0.39, 0.29) is 0 Å². The Balaban J connectivity index is 1.66. The first kappa shape index (κ1) is 21.2. The van der Waals surface area contributed by atoms with Crippen molar-refractivity contribution in [3.63, 3.8) is 0 Å². The first-order chi connectivity index (χ1) is 14.1. The number of fused-ring (bicyclic) bond motifs is 2. The van der Waals surface area contributed by atoms with Gasteiger partial charge >= 0.3 is 0 Å². The van der Waals surface area contributed by atoms with Crippen molar-refractivity contribution in [2.75, 3.05) is 0 Å². The minimum atomic E-state index is -1.66. The van der Waals surface area contributed by atoms with Gasteiger partial charge in [0.05, 0.1) is 11.5 Å². The van der Waals surface area contributed by atoms with Crippen LogP contribution in [0.1, 0.15) is 35.1 Å². The average Bonchev–Trinajstić information content (AvgIpc) is 3.14. The molecule has 2 aliphatic rings. The maximum Gasteiger partial charge on any atom is 0.241 e. The van der Waals surface area contributed by atoms with Crippen LogP contribution >= 0.6 is 0 Å². The molecule has 0 unspecified atom stereocenters. The second-order valence-electron chi connectivity index (χ2n) is 10.4. The van der Waals surface area contributed by atoms with Gasteiger partial charge in [0, 0.05) is 12.8 Å². The van der Waals surface area contributed by atoms with E-state index in [9.17, 15) is 0 Å². The Morgan fingerprint density at radius 2 is 0.967 bits per heavy atom. The summed E-state index contributed by atoms with van der Waals surface area (Å²) in [6.07, 6.45) is 3.87. The fourth-order valence-electron chi connectivity index (χ4n) is 4.53. The van der Waals surface area contributed by atoms with Gasteiger partial charge in [-0.2, -0.15) is 0 Å². The Kier molecular flexibility index (Phi) is 5.58. The van der Waals surface area contributed by atoms with E-state index < -0.39 is 16.6 Å². The van der Waals surface area contributed by atoms with E-state index in [1.165, 1.54) is 44.9 Å². The molecule has 0 fully saturated rings. The number of hydrogen-bond acceptors (Lipinski definition) is 2. The monoisotopic (exact) mass is 434 g/mol. The van der Waals surface area contributed by atoms with Crippen molar-refractivity contribution in [2.24, 2.45) is 0 Å². The summed E-state index contributed by atoms with van der Waals surface area (Å²) in [6.45, 7) is 13.6. The minimum Gasteiger partial charge on any atom is -0.547 e. The molecule has 0 aliphatic heterocycles. The largest absolute Gasteiger partial charge is 0.547 e. The van der Waals surface area contributed by atoms with Gasteiger partial charge in [0.15, 0.2) is 0 Å². The molecule has 0 atom stereocenters. The average molecular weight is 435 g/mol. The highest BCUT2D eigenvalue weighted by Crippen LogP contribution is 2.42. The molecule has 0 spiro atoms. The van der Waals surface area contributed by atoms with E-state index in [1.54, 1.807) is 0 Å². The highest BCUT2D eigenvalue weighted by atomic mass is 28.4. The predicted molar refractivity (Wildman–Crippen MR) is 132 cm³/mol. The zero-order valence-electron chi connectivity index (χ0n) is 19.3. The molecule has 0 heterocycles. The molecular formula is C26H34O2Si2. The third kappa shape index (κ3) is 4.65. The zero-order valence-corrected chi connectivity index (χ0v) is 21.3. The predicted octanol–water partition coefficient (Wildman–Crippen LogP) is 7.40. The van der Waals surface area contributed by atoms with Gasteiger partial charge in [0.25, 0.3) is 0 Å². The van der Waals surface area contributed by atoms with Crippen molar-refractivity contribution in [2.45, 2.75) is 65.0 Å². The van der Waals surface area contributed by atoms with Crippen molar-refractivity contribution in [1.82, 2.24) is 0 Å². The second-order valence-corrected chi connectivity index (χ2v) is 19.3. The fraction of sp³-hybridized carbons (Fsp3) is 0.385. The summed E-state index contributed by atoms with van der Waals surface area (Å²) in [5.41, 5.74) is 8.37. The topological polar surface area (TPSA) is 18.5 Å². The Hall–Kier alpha value is -2.05. The standard InChI is InChI=1S/C26H34O2Si2/c1-29(2,3)27-25-17-19-11-7-9-13-21(19)23(25)15-16-24-22-14-10-8-12-20(22)18-26(24)28-30(4,5)6/h7-14H,15-18H2,1-6H3. The third-order valence-electron chi connectivity index (χ3n) is 5.54. The second kappa shape index (κ2) is 7.90. The molecule has 0 saturated heterocycles. The highest BCUT2D eigenvalue weighted by Gasteiger charge is 2.30. The van der Waals surface area contributed by atoms with Crippen LogP contribution in [0.15, 0.2) is 60.0 Å². The van der Waals surface area contributed by atoms with Crippen LogP contribution in [-0.4, -0.2) is 16.6 Å². The number of benzene rings is 2. The van der Waals surface area contributed by atoms with Crippen molar-refractivity contribution in [3.8, 4) is 0 Å². The summed E-state index contributed by atoms with van der Waals surface area (Å²) in [7, 11) is -3.31. The molecule has 2 aliphatic carbocycles. The smallest absolute Gasteiger partial charge is 0.241 e. The summed E-state index contributed by atoms with van der Waals surface area (Å²) in [4.78, 5) is 0. The van der Waals surface area contributed by atoms with E-state index in [4.69, 9.17) is 8.85 Å². The molecule has 4 rings (SSSR count). The molecular weight excluding hydrogens is 400 g/mol. The SMILES string of the molecule is C[Si](C)(C)OC1=C(CCC2=C(O[Si](C)(C)C)Cc3ccccc32)c2ccccc2C1. The summed E-state index contributed by atoms with van der Waals surface area (Å²) in [5, 5.41) is 0. The van der Waals surface area contributed by atoms with Gasteiger partial charge in [-0.1, -0.05) is 48.5 Å². The molecule has 30 heavy (non-hydrogen) atoms. The summed E-state index contributed by atoms with van der Waals surface area (Å²) < 4.78 is 13.1. The van der Waals surface area contributed by atoms with Gasteiger partial charge in [-0.3, -0.25) is 0 Å². The first-order valence-corrected chi connectivity index (χ1v) is 17.9. The van der Waals surface area contributed by atoms with Crippen LogP contribution in [0.3, 0.4) is 0 Å². The normalized spacial score (nSPS) is 16.1. The minimum absolute atomic E-state index is 0.934. The van der Waals surface area contributed by atoms with Gasteiger partial charge in [-0.25, -0.2) is 0 Å². The van der Waals surface area contributed by atoms with E-state index in [0.29, 0.717) is 0 Å². The van der Waals surface area contributed by atoms with Crippen molar-refractivity contribution >= 4 is 27.8 Å². The number of allylic oxidation sites excluding steroid dienone is 4. The van der Waals surface area contributed by atoms with Gasteiger partial charge in [0.1, 0.15) is 0 Å². The maximum atomic E-state index is 6.56. The van der Waals surface area contributed by atoms with Crippen molar-refractivity contribution < 1.29 is 8.85 Å². The van der Waals surface area contributed by atoms with E-state index in [1.807, 2.05) is 0 Å². The van der Waals surface area contributed by atoms with Crippen LogP contribution < -0.4 is 0 Å². The molecule has 4 heteroatoms. The third-order valence-corrected chi connectivity index (χ3v) is 7.26.